The zero-order chi connectivity index (χ0) is 13.2. The van der Waals surface area contributed by atoms with Crippen molar-refractivity contribution in [2.45, 2.75) is 24.2 Å². The van der Waals surface area contributed by atoms with Gasteiger partial charge in [0.25, 0.3) is 10.0 Å². The molecule has 1 heterocycles. The average molecular weight is 398 g/mol. The van der Waals surface area contributed by atoms with E-state index in [-0.39, 0.29) is 4.90 Å². The molecule has 0 radical (unpaired) electrons. The van der Waals surface area contributed by atoms with Gasteiger partial charge in [0, 0.05) is 22.0 Å². The third-order valence-electron chi connectivity index (χ3n) is 2.79. The SMILES string of the molecule is O=S(=O)(NN1CCCCC1)c1cc(Br)ccc1Br. The lowest BCUT2D eigenvalue weighted by atomic mass is 10.2. The van der Waals surface area contributed by atoms with Crippen LogP contribution in [0.25, 0.3) is 0 Å². The minimum Gasteiger partial charge on any atom is -0.230 e. The maximum absolute atomic E-state index is 12.3. The Kier molecular flexibility index (Phi) is 4.82. The zero-order valence-corrected chi connectivity index (χ0v) is 13.7. The Bertz CT molecular complexity index is 528. The van der Waals surface area contributed by atoms with Crippen LogP contribution in [0, 0.1) is 0 Å². The van der Waals surface area contributed by atoms with Crippen LogP contribution in [0.2, 0.25) is 0 Å². The number of nitrogens with zero attached hydrogens (tertiary/aromatic N) is 1. The smallest absolute Gasteiger partial charge is 0.230 e. The number of piperidine rings is 1. The first-order chi connectivity index (χ1) is 8.49. The highest BCUT2D eigenvalue weighted by atomic mass is 79.9. The van der Waals surface area contributed by atoms with Crippen LogP contribution in [0.1, 0.15) is 19.3 Å². The Morgan fingerprint density at radius 2 is 1.78 bits per heavy atom. The standard InChI is InChI=1S/C11H14Br2N2O2S/c12-9-4-5-10(13)11(8-9)18(16,17)14-15-6-2-1-3-7-15/h4-5,8,14H,1-3,6-7H2. The molecule has 0 spiro atoms. The second-order valence-corrected chi connectivity index (χ2v) is 7.62. The molecule has 1 aromatic carbocycles. The van der Waals surface area contributed by atoms with E-state index >= 15 is 0 Å². The van der Waals surface area contributed by atoms with Crippen LogP contribution in [-0.4, -0.2) is 26.5 Å². The fourth-order valence-electron chi connectivity index (χ4n) is 1.89. The van der Waals surface area contributed by atoms with Crippen LogP contribution in [-0.2, 0) is 10.0 Å². The molecule has 4 nitrogen and oxygen atoms in total. The molecule has 100 valence electrons. The van der Waals surface area contributed by atoms with E-state index in [1.165, 1.54) is 6.42 Å². The van der Waals surface area contributed by atoms with Crippen molar-refractivity contribution in [2.24, 2.45) is 0 Å². The number of hydrogen-bond acceptors (Lipinski definition) is 3. The van der Waals surface area contributed by atoms with Crippen molar-refractivity contribution in [3.05, 3.63) is 27.1 Å². The summed E-state index contributed by atoms with van der Waals surface area (Å²) in [6.45, 7) is 1.54. The Morgan fingerprint density at radius 3 is 2.44 bits per heavy atom. The van der Waals surface area contributed by atoms with Gasteiger partial charge in [0.15, 0.2) is 0 Å². The first kappa shape index (κ1) is 14.5. The molecule has 1 aromatic rings. The summed E-state index contributed by atoms with van der Waals surface area (Å²) < 4.78 is 25.8. The first-order valence-corrected chi connectivity index (χ1v) is 8.78. The van der Waals surface area contributed by atoms with E-state index in [1.54, 1.807) is 23.2 Å². The molecule has 1 aliphatic rings. The largest absolute Gasteiger partial charge is 0.254 e. The lowest BCUT2D eigenvalue weighted by Gasteiger charge is -2.26. The summed E-state index contributed by atoms with van der Waals surface area (Å²) in [6, 6.07) is 5.11. The van der Waals surface area contributed by atoms with Gasteiger partial charge in [-0.15, -0.1) is 4.83 Å². The Morgan fingerprint density at radius 1 is 1.11 bits per heavy atom. The van der Waals surface area contributed by atoms with Crippen molar-refractivity contribution >= 4 is 41.9 Å². The highest BCUT2D eigenvalue weighted by Crippen LogP contribution is 2.25. The Balaban J connectivity index is 2.21. The van der Waals surface area contributed by atoms with Crippen LogP contribution in [0.15, 0.2) is 32.0 Å². The molecule has 0 saturated carbocycles. The number of nitrogens with one attached hydrogen (secondary N) is 1. The molecule has 0 bridgehead atoms. The fourth-order valence-corrected chi connectivity index (χ4v) is 4.51. The van der Waals surface area contributed by atoms with Crippen molar-refractivity contribution in [3.63, 3.8) is 0 Å². The minimum atomic E-state index is -3.51. The first-order valence-electron chi connectivity index (χ1n) is 5.71. The van der Waals surface area contributed by atoms with E-state index < -0.39 is 10.0 Å². The summed E-state index contributed by atoms with van der Waals surface area (Å²) >= 11 is 6.56. The third kappa shape index (κ3) is 3.54. The van der Waals surface area contributed by atoms with E-state index in [0.717, 1.165) is 30.4 Å². The molecule has 2 rings (SSSR count). The Labute approximate surface area is 124 Å². The van der Waals surface area contributed by atoms with E-state index in [2.05, 4.69) is 36.7 Å². The highest BCUT2D eigenvalue weighted by molar-refractivity contribution is 9.11. The average Bonchev–Trinajstić information content (AvgIpc) is 2.33. The second kappa shape index (κ2) is 6.00. The molecule has 0 aliphatic carbocycles. The van der Waals surface area contributed by atoms with Gasteiger partial charge in [-0.05, 0) is 47.0 Å². The van der Waals surface area contributed by atoms with Crippen molar-refractivity contribution in [1.29, 1.82) is 0 Å². The molecule has 7 heteroatoms. The maximum atomic E-state index is 12.3. The number of benzene rings is 1. The number of hydrogen-bond donors (Lipinski definition) is 1. The summed E-state index contributed by atoms with van der Waals surface area (Å²) in [4.78, 5) is 2.89. The second-order valence-electron chi connectivity index (χ2n) is 4.22. The number of sulfonamides is 1. The van der Waals surface area contributed by atoms with E-state index in [4.69, 9.17) is 0 Å². The molecular formula is C11H14Br2N2O2S. The van der Waals surface area contributed by atoms with Crippen LogP contribution in [0.3, 0.4) is 0 Å². The Hall–Kier alpha value is 0.0500. The van der Waals surface area contributed by atoms with Gasteiger partial charge in [0.2, 0.25) is 0 Å². The fraction of sp³-hybridized carbons (Fsp3) is 0.455. The molecular weight excluding hydrogens is 384 g/mol. The van der Waals surface area contributed by atoms with Crippen molar-refractivity contribution in [3.8, 4) is 0 Å². The van der Waals surface area contributed by atoms with Crippen LogP contribution in [0.4, 0.5) is 0 Å². The normalized spacial score (nSPS) is 17.9. The van der Waals surface area contributed by atoms with Crippen molar-refractivity contribution < 1.29 is 8.42 Å². The lowest BCUT2D eigenvalue weighted by Crippen LogP contribution is -2.44. The quantitative estimate of drug-likeness (QED) is 0.852. The van der Waals surface area contributed by atoms with Gasteiger partial charge in [-0.1, -0.05) is 22.4 Å². The molecule has 1 N–H and O–H groups in total. The predicted octanol–water partition coefficient (Wildman–Crippen LogP) is 2.89. The number of hydrazine groups is 1. The third-order valence-corrected chi connectivity index (χ3v) is 5.65. The van der Waals surface area contributed by atoms with Gasteiger partial charge >= 0.3 is 0 Å². The molecule has 0 unspecified atom stereocenters. The molecule has 0 amide bonds. The van der Waals surface area contributed by atoms with Gasteiger partial charge in [-0.2, -0.15) is 0 Å². The van der Waals surface area contributed by atoms with Crippen LogP contribution < -0.4 is 4.83 Å². The molecule has 1 saturated heterocycles. The van der Waals surface area contributed by atoms with E-state index in [9.17, 15) is 8.42 Å². The topological polar surface area (TPSA) is 49.4 Å². The van der Waals surface area contributed by atoms with Crippen LogP contribution in [0.5, 0.6) is 0 Å². The van der Waals surface area contributed by atoms with E-state index in [0.29, 0.717) is 4.47 Å². The summed E-state index contributed by atoms with van der Waals surface area (Å²) in [5.41, 5.74) is 0. The summed E-state index contributed by atoms with van der Waals surface area (Å²) in [6.07, 6.45) is 3.23. The van der Waals surface area contributed by atoms with Gasteiger partial charge < -0.3 is 0 Å². The van der Waals surface area contributed by atoms with Crippen molar-refractivity contribution in [1.82, 2.24) is 9.84 Å². The summed E-state index contributed by atoms with van der Waals surface area (Å²) in [5.74, 6) is 0. The lowest BCUT2D eigenvalue weighted by molar-refractivity contribution is 0.200. The molecule has 1 fully saturated rings. The van der Waals surface area contributed by atoms with Gasteiger partial charge in [0.05, 0.1) is 4.90 Å². The molecule has 0 atom stereocenters. The summed E-state index contributed by atoms with van der Waals surface area (Å²) in [5, 5.41) is 1.77. The maximum Gasteiger partial charge on any atom is 0.254 e. The summed E-state index contributed by atoms with van der Waals surface area (Å²) in [7, 11) is -3.51. The minimum absolute atomic E-state index is 0.252. The predicted molar refractivity (Wildman–Crippen MR) is 77.6 cm³/mol. The van der Waals surface area contributed by atoms with Gasteiger partial charge in [-0.25, -0.2) is 13.4 Å². The van der Waals surface area contributed by atoms with Crippen molar-refractivity contribution in [2.75, 3.05) is 13.1 Å². The molecule has 1 aliphatic heterocycles. The molecule has 18 heavy (non-hydrogen) atoms. The van der Waals surface area contributed by atoms with Gasteiger partial charge in [0.1, 0.15) is 0 Å². The molecule has 0 aromatic heterocycles. The monoisotopic (exact) mass is 396 g/mol. The zero-order valence-electron chi connectivity index (χ0n) is 9.70. The van der Waals surface area contributed by atoms with Crippen LogP contribution >= 0.6 is 31.9 Å². The van der Waals surface area contributed by atoms with Gasteiger partial charge in [-0.3, -0.25) is 0 Å². The van der Waals surface area contributed by atoms with E-state index in [1.807, 2.05) is 0 Å². The highest BCUT2D eigenvalue weighted by Gasteiger charge is 2.22. The number of rotatable bonds is 3. The number of halogens is 2.